The molecular weight excluding hydrogens is 332 g/mol. The fourth-order valence-electron chi connectivity index (χ4n) is 2.36. The molecule has 0 bridgehead atoms. The number of unbranched alkanes of at least 4 members (excludes halogenated alkanes) is 9. The van der Waals surface area contributed by atoms with Crippen molar-refractivity contribution in [1.29, 1.82) is 0 Å². The summed E-state index contributed by atoms with van der Waals surface area (Å²) in [5.41, 5.74) is 2.37. The molecule has 154 valence electrons. The molecule has 0 radical (unpaired) electrons. The van der Waals surface area contributed by atoms with Crippen LogP contribution < -0.4 is 16.6 Å². The number of carbonyl (C=O) groups is 2. The normalized spacial score (nSPS) is 10.3. The second-order valence-electron chi connectivity index (χ2n) is 6.36. The highest BCUT2D eigenvalue weighted by molar-refractivity contribution is 5.75. The Kier molecular flexibility index (Phi) is 23.9. The van der Waals surface area contributed by atoms with E-state index in [1.54, 1.807) is 0 Å². The van der Waals surface area contributed by atoms with Gasteiger partial charge < -0.3 is 15.8 Å². The summed E-state index contributed by atoms with van der Waals surface area (Å²) in [6, 6.07) is 0. The number of carboxylic acids is 1. The Morgan fingerprint density at radius 3 is 2.04 bits per heavy atom. The monoisotopic (exact) mass is 372 g/mol. The number of hydrazine groups is 1. The number of carbonyl (C=O) groups excluding carboxylic acids is 1. The second-order valence-corrected chi connectivity index (χ2v) is 6.36. The lowest BCUT2D eigenvalue weighted by Gasteiger charge is -2.05. The summed E-state index contributed by atoms with van der Waals surface area (Å²) >= 11 is 0. The summed E-state index contributed by atoms with van der Waals surface area (Å²) in [5, 5.41) is 10.4. The number of aliphatic carboxylic acids is 1. The summed E-state index contributed by atoms with van der Waals surface area (Å²) in [5.74, 6) is 4.41. The van der Waals surface area contributed by atoms with E-state index in [9.17, 15) is 4.79 Å². The molecule has 0 spiro atoms. The maximum absolute atomic E-state index is 11.6. The predicted molar refractivity (Wildman–Crippen MR) is 108 cm³/mol. The van der Waals surface area contributed by atoms with Gasteiger partial charge in [-0.25, -0.2) is 5.84 Å². The van der Waals surface area contributed by atoms with Crippen molar-refractivity contribution < 1.29 is 14.7 Å². The first-order chi connectivity index (χ1) is 12.5. The van der Waals surface area contributed by atoms with E-state index in [-0.39, 0.29) is 5.91 Å². The van der Waals surface area contributed by atoms with Crippen LogP contribution in [0.25, 0.3) is 0 Å². The minimum absolute atomic E-state index is 0.190. The van der Waals surface area contributed by atoms with Gasteiger partial charge in [-0.2, -0.15) is 0 Å². The van der Waals surface area contributed by atoms with Gasteiger partial charge in [-0.15, -0.1) is 0 Å². The molecule has 0 aromatic rings. The molecule has 0 heterocycles. The Bertz CT molecular complexity index is 346. The number of hydrogen-bond donors (Lipinski definition) is 4. The smallest absolute Gasteiger partial charge is 0.300 e. The van der Waals surface area contributed by atoms with Crippen molar-refractivity contribution in [2.75, 3.05) is 13.1 Å². The van der Waals surface area contributed by atoms with Gasteiger partial charge in [0.25, 0.3) is 5.97 Å². The average molecular weight is 373 g/mol. The molecular formula is C19H40N4O3. The standard InChI is InChI=1S/C17H36N4O.C2H4O2/c1-2-3-4-5-6-7-8-9-10-13-17(22)20-15-12-11-14-19-16-21-18;1-2(3)4/h16H,2-15,18H2,1H3,(H,19,21)(H,20,22);1H3,(H,3,4). The number of nitrogens with zero attached hydrogens (tertiary/aromatic N) is 1. The number of hydrogen-bond acceptors (Lipinski definition) is 4. The summed E-state index contributed by atoms with van der Waals surface area (Å²) in [4.78, 5) is 24.7. The molecule has 0 aliphatic heterocycles. The topological polar surface area (TPSA) is 117 Å². The molecule has 1 amide bonds. The number of nitrogens with two attached hydrogens (primary N) is 1. The van der Waals surface area contributed by atoms with Gasteiger partial charge in [-0.1, -0.05) is 58.3 Å². The molecule has 0 aromatic carbocycles. The molecule has 26 heavy (non-hydrogen) atoms. The van der Waals surface area contributed by atoms with E-state index in [4.69, 9.17) is 15.7 Å². The number of nitrogens with one attached hydrogen (secondary N) is 2. The van der Waals surface area contributed by atoms with Gasteiger partial charge in [0.2, 0.25) is 5.91 Å². The van der Waals surface area contributed by atoms with E-state index in [0.29, 0.717) is 6.42 Å². The largest absolute Gasteiger partial charge is 0.481 e. The third-order valence-corrected chi connectivity index (χ3v) is 3.71. The summed E-state index contributed by atoms with van der Waals surface area (Å²) in [6.45, 7) is 4.83. The highest BCUT2D eigenvalue weighted by atomic mass is 16.4. The van der Waals surface area contributed by atoms with Crippen molar-refractivity contribution in [1.82, 2.24) is 10.7 Å². The number of rotatable bonds is 16. The van der Waals surface area contributed by atoms with Gasteiger partial charge in [-0.3, -0.25) is 14.6 Å². The minimum Gasteiger partial charge on any atom is -0.481 e. The van der Waals surface area contributed by atoms with Crippen LogP contribution in [0.2, 0.25) is 0 Å². The van der Waals surface area contributed by atoms with Gasteiger partial charge in [0.15, 0.2) is 0 Å². The molecule has 0 atom stereocenters. The van der Waals surface area contributed by atoms with Crippen LogP contribution in [0.1, 0.15) is 90.9 Å². The lowest BCUT2D eigenvalue weighted by molar-refractivity contribution is -0.134. The van der Waals surface area contributed by atoms with Gasteiger partial charge in [0.1, 0.15) is 0 Å². The first-order valence-electron chi connectivity index (χ1n) is 9.95. The van der Waals surface area contributed by atoms with E-state index in [1.165, 1.54) is 57.7 Å². The molecule has 0 aliphatic carbocycles. The van der Waals surface area contributed by atoms with Crippen molar-refractivity contribution in [2.24, 2.45) is 10.8 Å². The number of amides is 1. The molecule has 5 N–H and O–H groups in total. The fraction of sp³-hybridized carbons (Fsp3) is 0.842. The van der Waals surface area contributed by atoms with Crippen molar-refractivity contribution in [3.8, 4) is 0 Å². The van der Waals surface area contributed by atoms with E-state index in [1.807, 2.05) is 0 Å². The molecule has 0 aromatic heterocycles. The maximum Gasteiger partial charge on any atom is 0.300 e. The van der Waals surface area contributed by atoms with Crippen molar-refractivity contribution in [3.63, 3.8) is 0 Å². The van der Waals surface area contributed by atoms with Gasteiger partial charge >= 0.3 is 0 Å². The average Bonchev–Trinajstić information content (AvgIpc) is 2.59. The Morgan fingerprint density at radius 1 is 0.962 bits per heavy atom. The maximum atomic E-state index is 11.6. The van der Waals surface area contributed by atoms with Crippen LogP contribution in [-0.2, 0) is 9.59 Å². The van der Waals surface area contributed by atoms with Crippen LogP contribution >= 0.6 is 0 Å². The number of carboxylic acid groups (broad SMARTS) is 1. The van der Waals surface area contributed by atoms with Crippen LogP contribution in [0.3, 0.4) is 0 Å². The molecule has 0 unspecified atom stereocenters. The zero-order valence-corrected chi connectivity index (χ0v) is 16.8. The van der Waals surface area contributed by atoms with Crippen LogP contribution in [0, 0.1) is 0 Å². The molecule has 0 aliphatic rings. The van der Waals surface area contributed by atoms with Gasteiger partial charge in [0, 0.05) is 26.4 Å². The molecule has 0 rings (SSSR count). The van der Waals surface area contributed by atoms with E-state index < -0.39 is 5.97 Å². The molecule has 7 heteroatoms. The highest BCUT2D eigenvalue weighted by Crippen LogP contribution is 2.10. The summed E-state index contributed by atoms with van der Waals surface area (Å²) in [6.07, 6.45) is 15.7. The Morgan fingerprint density at radius 2 is 1.50 bits per heavy atom. The molecule has 0 fully saturated rings. The van der Waals surface area contributed by atoms with Crippen molar-refractivity contribution >= 4 is 18.2 Å². The zero-order chi connectivity index (χ0) is 19.9. The predicted octanol–water partition coefficient (Wildman–Crippen LogP) is 3.39. The first-order valence-corrected chi connectivity index (χ1v) is 9.95. The zero-order valence-electron chi connectivity index (χ0n) is 16.8. The quantitative estimate of drug-likeness (QED) is 0.109. The Hall–Kier alpha value is -1.63. The minimum atomic E-state index is -0.833. The summed E-state index contributed by atoms with van der Waals surface area (Å²) < 4.78 is 0. The molecule has 7 nitrogen and oxygen atoms in total. The van der Waals surface area contributed by atoms with E-state index in [2.05, 4.69) is 22.7 Å². The molecule has 0 saturated carbocycles. The second kappa shape index (κ2) is 23.4. The lowest BCUT2D eigenvalue weighted by Crippen LogP contribution is -2.24. The third-order valence-electron chi connectivity index (χ3n) is 3.71. The third kappa shape index (κ3) is 30.3. The van der Waals surface area contributed by atoms with Crippen LogP contribution in [0.4, 0.5) is 0 Å². The van der Waals surface area contributed by atoms with Gasteiger partial charge in [0.05, 0.1) is 6.34 Å². The van der Waals surface area contributed by atoms with E-state index >= 15 is 0 Å². The van der Waals surface area contributed by atoms with Crippen LogP contribution in [0.5, 0.6) is 0 Å². The SMILES string of the molecule is CC(=O)O.CCCCCCCCCCCC(=O)NCCCCN=CNN. The Balaban J connectivity index is 0. The van der Waals surface area contributed by atoms with Gasteiger partial charge in [-0.05, 0) is 19.3 Å². The number of aliphatic imine (C=N–C) groups is 1. The van der Waals surface area contributed by atoms with Crippen molar-refractivity contribution in [2.45, 2.75) is 90.9 Å². The van der Waals surface area contributed by atoms with Crippen molar-refractivity contribution in [3.05, 3.63) is 0 Å². The highest BCUT2D eigenvalue weighted by Gasteiger charge is 2.00. The van der Waals surface area contributed by atoms with Crippen LogP contribution in [0.15, 0.2) is 4.99 Å². The lowest BCUT2D eigenvalue weighted by atomic mass is 10.1. The van der Waals surface area contributed by atoms with Crippen LogP contribution in [-0.4, -0.2) is 36.4 Å². The molecule has 0 saturated heterocycles. The van der Waals surface area contributed by atoms with E-state index in [0.717, 1.165) is 39.3 Å². The Labute approximate surface area is 159 Å². The fourth-order valence-corrected chi connectivity index (χ4v) is 2.36. The summed E-state index contributed by atoms with van der Waals surface area (Å²) in [7, 11) is 0. The first kappa shape index (κ1) is 26.6.